The molecular weight excluding hydrogens is 297 g/mol. The van der Waals surface area contributed by atoms with Crippen LogP contribution in [0.5, 0.6) is 0 Å². The van der Waals surface area contributed by atoms with Crippen molar-refractivity contribution >= 4 is 23.5 Å². The third-order valence-corrected chi connectivity index (χ3v) is 4.05. The summed E-state index contributed by atoms with van der Waals surface area (Å²) in [7, 11) is 0. The second-order valence-corrected chi connectivity index (χ2v) is 5.72. The second-order valence-electron chi connectivity index (χ2n) is 5.32. The zero-order valence-electron chi connectivity index (χ0n) is 11.5. The Balaban J connectivity index is 2.02. The quantitative estimate of drug-likeness (QED) is 0.932. The number of hydrogen-bond donors (Lipinski definition) is 1. The maximum Gasteiger partial charge on any atom is 0.303 e. The molecule has 1 aliphatic rings. The van der Waals surface area contributed by atoms with E-state index in [-0.39, 0.29) is 23.3 Å². The Morgan fingerprint density at radius 1 is 1.33 bits per heavy atom. The van der Waals surface area contributed by atoms with Crippen LogP contribution in [0.1, 0.15) is 36.0 Å². The number of carboxylic acids is 1. The predicted molar refractivity (Wildman–Crippen MR) is 76.9 cm³/mol. The van der Waals surface area contributed by atoms with E-state index in [1.165, 1.54) is 18.2 Å². The summed E-state index contributed by atoms with van der Waals surface area (Å²) in [5, 5.41) is 8.77. The van der Waals surface area contributed by atoms with Gasteiger partial charge in [-0.1, -0.05) is 11.6 Å². The Bertz CT molecular complexity index is 550. The van der Waals surface area contributed by atoms with Crippen LogP contribution < -0.4 is 0 Å². The molecule has 1 N–H and O–H groups in total. The number of rotatable bonds is 3. The molecule has 114 valence electrons. The normalized spacial score (nSPS) is 19.1. The molecule has 1 aliphatic heterocycles. The molecule has 2 rings (SSSR count). The molecule has 21 heavy (non-hydrogen) atoms. The number of hydrogen-bond acceptors (Lipinski definition) is 2. The van der Waals surface area contributed by atoms with E-state index in [0.717, 1.165) is 12.8 Å². The number of likely N-dealkylation sites (tertiary alicyclic amines) is 1. The van der Waals surface area contributed by atoms with Crippen LogP contribution in [0.15, 0.2) is 18.2 Å². The number of nitrogens with zero attached hydrogens (tertiary/aromatic N) is 1. The Morgan fingerprint density at radius 3 is 2.76 bits per heavy atom. The summed E-state index contributed by atoms with van der Waals surface area (Å²) >= 11 is 5.70. The van der Waals surface area contributed by atoms with Crippen LogP contribution in [-0.2, 0) is 4.79 Å². The van der Waals surface area contributed by atoms with Gasteiger partial charge >= 0.3 is 5.97 Å². The zero-order valence-corrected chi connectivity index (χ0v) is 12.3. The average Bonchev–Trinajstić information content (AvgIpc) is 2.66. The average molecular weight is 314 g/mol. The largest absolute Gasteiger partial charge is 0.481 e. The number of carbonyl (C=O) groups is 2. The summed E-state index contributed by atoms with van der Waals surface area (Å²) in [4.78, 5) is 24.8. The standard InChI is InChI=1S/C15H17ClFNO3/c16-12-9-11(3-4-13(12)17)15(21)18-6-1-2-10(5-7-18)8-14(19)20/h3-4,9-10H,1-2,5-8H2,(H,19,20)/t10-/m1/s1. The molecule has 1 atom stereocenters. The molecule has 0 aromatic heterocycles. The number of carboxylic acid groups (broad SMARTS) is 1. The maximum atomic E-state index is 13.1. The van der Waals surface area contributed by atoms with Gasteiger partial charge in [0.25, 0.3) is 5.91 Å². The predicted octanol–water partition coefficient (Wildman–Crippen LogP) is 3.20. The van der Waals surface area contributed by atoms with Gasteiger partial charge in [0.15, 0.2) is 0 Å². The van der Waals surface area contributed by atoms with Crippen molar-refractivity contribution in [3.63, 3.8) is 0 Å². The summed E-state index contributed by atoms with van der Waals surface area (Å²) in [5.41, 5.74) is 0.359. The van der Waals surface area contributed by atoms with E-state index in [1.807, 2.05) is 0 Å². The first kappa shape index (κ1) is 15.8. The zero-order chi connectivity index (χ0) is 15.4. The number of amides is 1. The van der Waals surface area contributed by atoms with E-state index in [0.29, 0.717) is 25.1 Å². The number of halogens is 2. The van der Waals surface area contributed by atoms with Crippen LogP contribution in [0.3, 0.4) is 0 Å². The van der Waals surface area contributed by atoms with Crippen molar-refractivity contribution in [2.75, 3.05) is 13.1 Å². The number of aliphatic carboxylic acids is 1. The molecule has 6 heteroatoms. The van der Waals surface area contributed by atoms with Gasteiger partial charge in [0.2, 0.25) is 0 Å². The van der Waals surface area contributed by atoms with Gasteiger partial charge in [-0.05, 0) is 43.4 Å². The van der Waals surface area contributed by atoms with Crippen LogP contribution in [-0.4, -0.2) is 35.0 Å². The first-order valence-electron chi connectivity index (χ1n) is 6.93. The SMILES string of the molecule is O=C(O)C[C@@H]1CCCN(C(=O)c2ccc(F)c(Cl)c2)CC1. The third-order valence-electron chi connectivity index (χ3n) is 3.76. The Hall–Kier alpha value is -1.62. The van der Waals surface area contributed by atoms with Crippen molar-refractivity contribution in [2.24, 2.45) is 5.92 Å². The highest BCUT2D eigenvalue weighted by atomic mass is 35.5. The van der Waals surface area contributed by atoms with Crippen LogP contribution >= 0.6 is 11.6 Å². The van der Waals surface area contributed by atoms with Crippen LogP contribution in [0, 0.1) is 11.7 Å². The highest BCUT2D eigenvalue weighted by Crippen LogP contribution is 2.23. The number of benzene rings is 1. The fraction of sp³-hybridized carbons (Fsp3) is 0.467. The Morgan fingerprint density at radius 2 is 2.10 bits per heavy atom. The molecular formula is C15H17ClFNO3. The van der Waals surface area contributed by atoms with Gasteiger partial charge in [-0.3, -0.25) is 9.59 Å². The monoisotopic (exact) mass is 313 g/mol. The van der Waals surface area contributed by atoms with E-state index in [2.05, 4.69) is 0 Å². The lowest BCUT2D eigenvalue weighted by molar-refractivity contribution is -0.138. The smallest absolute Gasteiger partial charge is 0.303 e. The summed E-state index contributed by atoms with van der Waals surface area (Å²) in [6, 6.07) is 3.93. The molecule has 0 bridgehead atoms. The molecule has 0 spiro atoms. The van der Waals surface area contributed by atoms with E-state index in [9.17, 15) is 14.0 Å². The lowest BCUT2D eigenvalue weighted by Crippen LogP contribution is -2.32. The lowest BCUT2D eigenvalue weighted by atomic mass is 9.97. The summed E-state index contributed by atoms with van der Waals surface area (Å²) in [6.45, 7) is 1.11. The van der Waals surface area contributed by atoms with Gasteiger partial charge in [-0.25, -0.2) is 4.39 Å². The molecule has 1 amide bonds. The Labute approximate surface area is 127 Å². The summed E-state index contributed by atoms with van der Waals surface area (Å²) in [6.07, 6.45) is 2.40. The molecule has 0 radical (unpaired) electrons. The van der Waals surface area contributed by atoms with Gasteiger partial charge in [0, 0.05) is 25.1 Å². The van der Waals surface area contributed by atoms with Crippen molar-refractivity contribution in [3.05, 3.63) is 34.6 Å². The minimum absolute atomic E-state index is 0.0700. The van der Waals surface area contributed by atoms with E-state index >= 15 is 0 Å². The molecule has 1 fully saturated rings. The molecule has 1 saturated heterocycles. The van der Waals surface area contributed by atoms with Gasteiger partial charge in [-0.15, -0.1) is 0 Å². The van der Waals surface area contributed by atoms with Gasteiger partial charge < -0.3 is 10.0 Å². The molecule has 0 unspecified atom stereocenters. The third kappa shape index (κ3) is 4.17. The summed E-state index contributed by atoms with van der Waals surface area (Å²) in [5.74, 6) is -1.43. The molecule has 0 saturated carbocycles. The molecule has 1 aromatic carbocycles. The van der Waals surface area contributed by atoms with Crippen molar-refractivity contribution in [1.29, 1.82) is 0 Å². The Kier molecular flexibility index (Phi) is 5.17. The van der Waals surface area contributed by atoms with Crippen molar-refractivity contribution in [3.8, 4) is 0 Å². The molecule has 4 nitrogen and oxygen atoms in total. The fourth-order valence-corrected chi connectivity index (χ4v) is 2.81. The molecule has 0 aliphatic carbocycles. The maximum absolute atomic E-state index is 13.1. The van der Waals surface area contributed by atoms with Crippen LogP contribution in [0.25, 0.3) is 0 Å². The summed E-state index contributed by atoms with van der Waals surface area (Å²) < 4.78 is 13.1. The first-order valence-corrected chi connectivity index (χ1v) is 7.31. The van der Waals surface area contributed by atoms with Gasteiger partial charge in [0.05, 0.1) is 5.02 Å². The van der Waals surface area contributed by atoms with E-state index in [1.54, 1.807) is 4.90 Å². The highest BCUT2D eigenvalue weighted by molar-refractivity contribution is 6.31. The van der Waals surface area contributed by atoms with Crippen LogP contribution in [0.4, 0.5) is 4.39 Å². The van der Waals surface area contributed by atoms with Gasteiger partial charge in [-0.2, -0.15) is 0 Å². The number of carbonyl (C=O) groups excluding carboxylic acids is 1. The van der Waals surface area contributed by atoms with Gasteiger partial charge in [0.1, 0.15) is 5.82 Å². The van der Waals surface area contributed by atoms with Crippen molar-refractivity contribution in [2.45, 2.75) is 25.7 Å². The van der Waals surface area contributed by atoms with Crippen molar-refractivity contribution in [1.82, 2.24) is 4.90 Å². The minimum Gasteiger partial charge on any atom is -0.481 e. The minimum atomic E-state index is -0.801. The molecule has 1 aromatic rings. The topological polar surface area (TPSA) is 57.6 Å². The lowest BCUT2D eigenvalue weighted by Gasteiger charge is -2.20. The van der Waals surface area contributed by atoms with Crippen LogP contribution in [0.2, 0.25) is 5.02 Å². The van der Waals surface area contributed by atoms with E-state index in [4.69, 9.17) is 16.7 Å². The second kappa shape index (κ2) is 6.89. The fourth-order valence-electron chi connectivity index (χ4n) is 2.63. The highest BCUT2D eigenvalue weighted by Gasteiger charge is 2.23. The first-order chi connectivity index (χ1) is 9.97. The molecule has 1 heterocycles. The van der Waals surface area contributed by atoms with E-state index < -0.39 is 11.8 Å². The van der Waals surface area contributed by atoms with Crippen molar-refractivity contribution < 1.29 is 19.1 Å².